The number of fused-ring (bicyclic) bond motifs is 1. The molecule has 8 nitrogen and oxygen atoms in total. The van der Waals surface area contributed by atoms with Crippen molar-refractivity contribution in [1.82, 2.24) is 10.4 Å². The molecule has 0 aliphatic rings. The lowest BCUT2D eigenvalue weighted by atomic mass is 10.0. The number of rotatable bonds is 7. The number of furan rings is 1. The largest absolute Gasteiger partial charge is 0.496 e. The summed E-state index contributed by atoms with van der Waals surface area (Å²) in [4.78, 5) is 30.2. The van der Waals surface area contributed by atoms with Gasteiger partial charge in [-0.25, -0.2) is 10.4 Å². The quantitative estimate of drug-likeness (QED) is 0.212. The molecule has 2 amide bonds. The van der Waals surface area contributed by atoms with Crippen LogP contribution in [0.2, 0.25) is 0 Å². The van der Waals surface area contributed by atoms with Crippen molar-refractivity contribution in [1.29, 1.82) is 0 Å². The fourth-order valence-corrected chi connectivity index (χ4v) is 4.01. The number of ether oxygens (including phenoxy) is 1. The van der Waals surface area contributed by atoms with Gasteiger partial charge >= 0.3 is 0 Å². The second-order valence-electron chi connectivity index (χ2n) is 8.42. The van der Waals surface area contributed by atoms with Crippen LogP contribution in [0.15, 0.2) is 107 Å². The summed E-state index contributed by atoms with van der Waals surface area (Å²) in [6, 6.07) is 27.1. The Morgan fingerprint density at radius 1 is 0.895 bits per heavy atom. The van der Waals surface area contributed by atoms with Crippen molar-refractivity contribution in [2.45, 2.75) is 6.92 Å². The number of pyridine rings is 1. The molecule has 0 fully saturated rings. The minimum atomic E-state index is -0.360. The lowest BCUT2D eigenvalue weighted by Gasteiger charge is -2.12. The van der Waals surface area contributed by atoms with Gasteiger partial charge in [0.1, 0.15) is 5.75 Å². The molecule has 0 spiro atoms. The number of carbonyl (C=O) groups is 2. The van der Waals surface area contributed by atoms with Gasteiger partial charge in [-0.1, -0.05) is 42.5 Å². The number of carbonyl (C=O) groups excluding carboxylic acids is 2. The first-order valence-electron chi connectivity index (χ1n) is 11.9. The third-order valence-electron chi connectivity index (χ3n) is 5.97. The highest BCUT2D eigenvalue weighted by molar-refractivity contribution is 6.08. The number of methoxy groups -OCH3 is 1. The fourth-order valence-electron chi connectivity index (χ4n) is 4.01. The van der Waals surface area contributed by atoms with E-state index in [0.717, 1.165) is 11.1 Å². The zero-order valence-corrected chi connectivity index (χ0v) is 20.8. The number of hydrogen-bond acceptors (Lipinski definition) is 6. The summed E-state index contributed by atoms with van der Waals surface area (Å²) in [6.45, 7) is 1.79. The molecule has 2 N–H and O–H groups in total. The lowest BCUT2D eigenvalue weighted by Crippen LogP contribution is -2.20. The Kier molecular flexibility index (Phi) is 6.95. The molecule has 0 radical (unpaired) electrons. The van der Waals surface area contributed by atoms with E-state index in [0.29, 0.717) is 39.3 Å². The molecule has 8 heteroatoms. The Bertz CT molecular complexity index is 1640. The van der Waals surface area contributed by atoms with Crippen LogP contribution in [0.5, 0.6) is 5.75 Å². The summed E-state index contributed by atoms with van der Waals surface area (Å²) in [5.41, 5.74) is 7.22. The number of aromatic nitrogens is 1. The average molecular weight is 505 g/mol. The second-order valence-corrected chi connectivity index (χ2v) is 8.42. The SMILES string of the molecule is COc1ccccc1-c1cc(C(=O)NN=C(C)c2ccc(NC(=O)c3ccco3)cc2)c2ccccc2n1. The first-order chi connectivity index (χ1) is 18.5. The maximum absolute atomic E-state index is 13.3. The molecule has 2 aromatic heterocycles. The van der Waals surface area contributed by atoms with E-state index in [9.17, 15) is 9.59 Å². The van der Waals surface area contributed by atoms with Crippen LogP contribution in [0.3, 0.4) is 0 Å². The maximum Gasteiger partial charge on any atom is 0.291 e. The molecule has 2 heterocycles. The number of anilines is 1. The third kappa shape index (κ3) is 5.15. The molecule has 5 rings (SSSR count). The van der Waals surface area contributed by atoms with E-state index in [-0.39, 0.29) is 17.6 Å². The standard InChI is InChI=1S/C30H24N4O4/c1-19(20-13-15-21(16-14-20)31-30(36)28-12-7-17-38-28)33-34-29(35)24-18-26(23-9-4-6-11-27(23)37-2)32-25-10-5-3-8-22(24)25/h3-18H,1-2H3,(H,31,36)(H,34,35). The van der Waals surface area contributed by atoms with E-state index in [4.69, 9.17) is 14.1 Å². The zero-order valence-electron chi connectivity index (χ0n) is 20.8. The summed E-state index contributed by atoms with van der Waals surface area (Å²) in [7, 11) is 1.60. The normalized spacial score (nSPS) is 11.3. The van der Waals surface area contributed by atoms with Crippen molar-refractivity contribution < 1.29 is 18.7 Å². The van der Waals surface area contributed by atoms with Crippen LogP contribution in [0.4, 0.5) is 5.69 Å². The average Bonchev–Trinajstić information content (AvgIpc) is 3.51. The van der Waals surface area contributed by atoms with Crippen LogP contribution in [-0.2, 0) is 0 Å². The van der Waals surface area contributed by atoms with Gasteiger partial charge in [-0.05, 0) is 61.0 Å². The maximum atomic E-state index is 13.3. The van der Waals surface area contributed by atoms with Crippen molar-refractivity contribution in [2.24, 2.45) is 5.10 Å². The van der Waals surface area contributed by atoms with Crippen molar-refractivity contribution in [2.75, 3.05) is 12.4 Å². The fraction of sp³-hybridized carbons (Fsp3) is 0.0667. The summed E-state index contributed by atoms with van der Waals surface area (Å²) >= 11 is 0. The van der Waals surface area contributed by atoms with Gasteiger partial charge in [-0.2, -0.15) is 5.10 Å². The molecule has 0 aliphatic heterocycles. The van der Waals surface area contributed by atoms with Gasteiger partial charge < -0.3 is 14.5 Å². The molecule has 0 saturated heterocycles. The monoisotopic (exact) mass is 504 g/mol. The number of hydrogen-bond donors (Lipinski definition) is 2. The predicted octanol–water partition coefficient (Wildman–Crippen LogP) is 5.91. The van der Waals surface area contributed by atoms with E-state index in [2.05, 4.69) is 15.8 Å². The molecule has 0 atom stereocenters. The van der Waals surface area contributed by atoms with Crippen LogP contribution in [0.25, 0.3) is 22.2 Å². The Balaban J connectivity index is 1.37. The lowest BCUT2D eigenvalue weighted by molar-refractivity contribution is 0.0955. The van der Waals surface area contributed by atoms with Gasteiger partial charge in [-0.3, -0.25) is 9.59 Å². The van der Waals surface area contributed by atoms with Gasteiger partial charge in [0, 0.05) is 16.6 Å². The van der Waals surface area contributed by atoms with Crippen LogP contribution in [-0.4, -0.2) is 29.6 Å². The number of amides is 2. The van der Waals surface area contributed by atoms with Gasteiger partial charge in [0.25, 0.3) is 11.8 Å². The topological polar surface area (TPSA) is 106 Å². The van der Waals surface area contributed by atoms with Crippen LogP contribution >= 0.6 is 0 Å². The minimum Gasteiger partial charge on any atom is -0.496 e. The van der Waals surface area contributed by atoms with Gasteiger partial charge in [-0.15, -0.1) is 0 Å². The summed E-state index contributed by atoms with van der Waals surface area (Å²) in [6.07, 6.45) is 1.44. The van der Waals surface area contributed by atoms with Crippen LogP contribution in [0.1, 0.15) is 33.4 Å². The third-order valence-corrected chi connectivity index (χ3v) is 5.97. The zero-order chi connectivity index (χ0) is 26.5. The highest BCUT2D eigenvalue weighted by atomic mass is 16.5. The number of nitrogens with one attached hydrogen (secondary N) is 2. The molecule has 0 unspecified atom stereocenters. The van der Waals surface area contributed by atoms with Gasteiger partial charge in [0.05, 0.1) is 35.9 Å². The molecular weight excluding hydrogens is 480 g/mol. The number of nitrogens with zero attached hydrogens (tertiary/aromatic N) is 2. The summed E-state index contributed by atoms with van der Waals surface area (Å²) < 4.78 is 10.6. The highest BCUT2D eigenvalue weighted by Crippen LogP contribution is 2.31. The van der Waals surface area contributed by atoms with Gasteiger partial charge in [0.2, 0.25) is 0 Å². The van der Waals surface area contributed by atoms with Crippen molar-refractivity contribution in [3.8, 4) is 17.0 Å². The van der Waals surface area contributed by atoms with Crippen molar-refractivity contribution >= 4 is 34.1 Å². The van der Waals surface area contributed by atoms with Gasteiger partial charge in [0.15, 0.2) is 5.76 Å². The second kappa shape index (κ2) is 10.8. The van der Waals surface area contributed by atoms with Crippen LogP contribution < -0.4 is 15.5 Å². The summed E-state index contributed by atoms with van der Waals surface area (Å²) in [5, 5.41) is 7.80. The van der Waals surface area contributed by atoms with E-state index >= 15 is 0 Å². The highest BCUT2D eigenvalue weighted by Gasteiger charge is 2.16. The van der Waals surface area contributed by atoms with Crippen LogP contribution in [0, 0.1) is 0 Å². The Morgan fingerprint density at radius 2 is 1.66 bits per heavy atom. The molecule has 0 aliphatic carbocycles. The molecular formula is C30H24N4O4. The molecule has 38 heavy (non-hydrogen) atoms. The van der Waals surface area contributed by atoms with E-state index < -0.39 is 0 Å². The number of para-hydroxylation sites is 2. The van der Waals surface area contributed by atoms with Crippen molar-refractivity contribution in [3.63, 3.8) is 0 Å². The van der Waals surface area contributed by atoms with Crippen molar-refractivity contribution in [3.05, 3.63) is 114 Å². The molecule has 5 aromatic rings. The minimum absolute atomic E-state index is 0.229. The van der Waals surface area contributed by atoms with E-state index in [1.807, 2.05) is 60.7 Å². The van der Waals surface area contributed by atoms with E-state index in [1.165, 1.54) is 6.26 Å². The Hall–Kier alpha value is -5.24. The summed E-state index contributed by atoms with van der Waals surface area (Å²) in [5.74, 6) is 0.199. The van der Waals surface area contributed by atoms with E-state index in [1.54, 1.807) is 44.4 Å². The number of hydrazone groups is 1. The number of benzene rings is 3. The first kappa shape index (κ1) is 24.5. The first-order valence-corrected chi connectivity index (χ1v) is 11.9. The molecule has 188 valence electrons. The Morgan fingerprint density at radius 3 is 2.42 bits per heavy atom. The molecule has 0 saturated carbocycles. The smallest absolute Gasteiger partial charge is 0.291 e. The molecule has 3 aromatic carbocycles. The molecule has 0 bridgehead atoms. The Labute approximate surface area is 219 Å². The predicted molar refractivity (Wildman–Crippen MR) is 147 cm³/mol.